The molecule has 0 fully saturated rings. The molecule has 0 aliphatic heterocycles. The Morgan fingerprint density at radius 2 is 1.77 bits per heavy atom. The molecular weight excluding hydrogens is 160 g/mol. The van der Waals surface area contributed by atoms with Gasteiger partial charge in [0.05, 0.1) is 0 Å². The van der Waals surface area contributed by atoms with Crippen molar-refractivity contribution >= 4 is 0 Å². The molecule has 0 aliphatic carbocycles. The molecule has 1 radical (unpaired) electrons. The Bertz CT molecular complexity index is 287. The van der Waals surface area contributed by atoms with E-state index in [9.17, 15) is 5.11 Å². The van der Waals surface area contributed by atoms with Gasteiger partial charge in [-0.15, -0.1) is 0 Å². The maximum atomic E-state index is 9.53. The Balaban J connectivity index is 3.11. The Kier molecular flexibility index (Phi) is 2.97. The minimum Gasteiger partial charge on any atom is -0.507 e. The first-order chi connectivity index (χ1) is 6.02. The summed E-state index contributed by atoms with van der Waals surface area (Å²) in [5.74, 6) is 1.14. The van der Waals surface area contributed by atoms with Crippen molar-refractivity contribution in [3.8, 4) is 5.75 Å². The van der Waals surface area contributed by atoms with Gasteiger partial charge in [0.1, 0.15) is 5.75 Å². The van der Waals surface area contributed by atoms with Gasteiger partial charge >= 0.3 is 0 Å². The quantitative estimate of drug-likeness (QED) is 0.733. The molecule has 1 nitrogen and oxygen atoms in total. The second-order valence-corrected chi connectivity index (χ2v) is 4.05. The molecule has 0 unspecified atom stereocenters. The summed E-state index contributed by atoms with van der Waals surface area (Å²) in [6.07, 6.45) is 0. The molecular formula is C12H17O. The van der Waals surface area contributed by atoms with E-state index in [4.69, 9.17) is 0 Å². The second-order valence-electron chi connectivity index (χ2n) is 4.05. The average Bonchev–Trinajstić information content (AvgIpc) is 2.04. The molecule has 1 N–H and O–H groups in total. The fraction of sp³-hybridized carbons (Fsp3) is 0.500. The summed E-state index contributed by atoms with van der Waals surface area (Å²) in [6.45, 7) is 8.44. The van der Waals surface area contributed by atoms with Crippen molar-refractivity contribution in [2.45, 2.75) is 39.5 Å². The molecule has 71 valence electrons. The molecule has 0 spiro atoms. The highest BCUT2D eigenvalue weighted by Crippen LogP contribution is 2.28. The molecule has 13 heavy (non-hydrogen) atoms. The lowest BCUT2D eigenvalue weighted by molar-refractivity contribution is 0.463. The molecule has 0 aliphatic rings. The van der Waals surface area contributed by atoms with Gasteiger partial charge in [-0.3, -0.25) is 0 Å². The second kappa shape index (κ2) is 3.82. The Morgan fingerprint density at radius 3 is 2.23 bits per heavy atom. The van der Waals surface area contributed by atoms with Gasteiger partial charge in [0.15, 0.2) is 0 Å². The van der Waals surface area contributed by atoms with Crippen molar-refractivity contribution in [3.63, 3.8) is 0 Å². The zero-order valence-electron chi connectivity index (χ0n) is 8.76. The van der Waals surface area contributed by atoms with E-state index in [0.29, 0.717) is 17.6 Å². The summed E-state index contributed by atoms with van der Waals surface area (Å²) < 4.78 is 0. The average molecular weight is 177 g/mol. The van der Waals surface area contributed by atoms with E-state index < -0.39 is 0 Å². The minimum absolute atomic E-state index is 0.291. The summed E-state index contributed by atoms with van der Waals surface area (Å²) in [5, 5.41) is 9.53. The zero-order valence-corrected chi connectivity index (χ0v) is 8.76. The van der Waals surface area contributed by atoms with Crippen LogP contribution in [0.2, 0.25) is 0 Å². The maximum absolute atomic E-state index is 9.53. The van der Waals surface area contributed by atoms with Crippen LogP contribution in [0.5, 0.6) is 5.75 Å². The summed E-state index contributed by atoms with van der Waals surface area (Å²) in [7, 11) is 0. The predicted molar refractivity (Wildman–Crippen MR) is 55.1 cm³/mol. The van der Waals surface area contributed by atoms with Gasteiger partial charge in [0.25, 0.3) is 0 Å². The fourth-order valence-corrected chi connectivity index (χ4v) is 1.30. The lowest BCUT2D eigenvalue weighted by Crippen LogP contribution is -1.93. The van der Waals surface area contributed by atoms with Gasteiger partial charge in [-0.1, -0.05) is 33.8 Å². The predicted octanol–water partition coefficient (Wildman–Crippen LogP) is 3.44. The molecule has 0 saturated heterocycles. The number of hydrogen-bond acceptors (Lipinski definition) is 1. The normalized spacial score (nSPS) is 11.2. The highest BCUT2D eigenvalue weighted by Gasteiger charge is 2.08. The summed E-state index contributed by atoms with van der Waals surface area (Å²) in [5.41, 5.74) is 2.23. The molecule has 1 rings (SSSR count). The molecule has 1 heteroatoms. The summed E-state index contributed by atoms with van der Waals surface area (Å²) in [6, 6.07) is 6.82. The van der Waals surface area contributed by atoms with Crippen LogP contribution in [0, 0.1) is 6.07 Å². The zero-order chi connectivity index (χ0) is 10.0. The lowest BCUT2D eigenvalue weighted by atomic mass is 9.95. The van der Waals surface area contributed by atoms with Crippen LogP contribution < -0.4 is 0 Å². The van der Waals surface area contributed by atoms with Crippen LogP contribution >= 0.6 is 0 Å². The number of benzene rings is 1. The van der Waals surface area contributed by atoms with E-state index >= 15 is 0 Å². The van der Waals surface area contributed by atoms with Crippen molar-refractivity contribution in [1.82, 2.24) is 0 Å². The summed E-state index contributed by atoms with van der Waals surface area (Å²) in [4.78, 5) is 0. The first-order valence-electron chi connectivity index (χ1n) is 4.77. The number of phenols is 1. The van der Waals surface area contributed by atoms with Gasteiger partial charge in [0.2, 0.25) is 0 Å². The highest BCUT2D eigenvalue weighted by molar-refractivity contribution is 5.38. The number of phenolic OH excluding ortho intramolecular Hbond substituents is 1. The molecule has 1 aromatic rings. The highest BCUT2D eigenvalue weighted by atomic mass is 16.3. The Hall–Kier alpha value is -0.980. The molecule has 0 bridgehead atoms. The SMILES string of the molecule is CC(C)c1c[c]c(O)c(C(C)C)c1. The first-order valence-corrected chi connectivity index (χ1v) is 4.77. The largest absolute Gasteiger partial charge is 0.507 e. The fourth-order valence-electron chi connectivity index (χ4n) is 1.30. The van der Waals surface area contributed by atoms with Crippen molar-refractivity contribution < 1.29 is 5.11 Å². The molecule has 0 amide bonds. The first kappa shape index (κ1) is 10.1. The van der Waals surface area contributed by atoms with Gasteiger partial charge < -0.3 is 5.11 Å². The third kappa shape index (κ3) is 2.24. The summed E-state index contributed by atoms with van der Waals surface area (Å²) >= 11 is 0. The van der Waals surface area contributed by atoms with E-state index in [1.807, 2.05) is 6.07 Å². The number of hydrogen-bond donors (Lipinski definition) is 1. The van der Waals surface area contributed by atoms with Crippen molar-refractivity contribution in [2.24, 2.45) is 0 Å². The van der Waals surface area contributed by atoms with E-state index in [0.717, 1.165) is 5.56 Å². The van der Waals surface area contributed by atoms with E-state index in [-0.39, 0.29) is 0 Å². The Labute approximate surface area is 80.4 Å². The van der Waals surface area contributed by atoms with Gasteiger partial charge in [-0.05, 0) is 29.0 Å². The van der Waals surface area contributed by atoms with Gasteiger partial charge in [0, 0.05) is 6.07 Å². The van der Waals surface area contributed by atoms with Crippen molar-refractivity contribution in [3.05, 3.63) is 29.3 Å². The molecule has 0 atom stereocenters. The van der Waals surface area contributed by atoms with Crippen LogP contribution in [0.15, 0.2) is 12.1 Å². The smallest absolute Gasteiger partial charge is 0.127 e. The monoisotopic (exact) mass is 177 g/mol. The maximum Gasteiger partial charge on any atom is 0.127 e. The number of aromatic hydroxyl groups is 1. The van der Waals surface area contributed by atoms with Crippen LogP contribution in [0.25, 0.3) is 0 Å². The van der Waals surface area contributed by atoms with E-state index in [1.54, 1.807) is 0 Å². The van der Waals surface area contributed by atoms with Crippen molar-refractivity contribution in [1.29, 1.82) is 0 Å². The van der Waals surface area contributed by atoms with E-state index in [1.165, 1.54) is 5.56 Å². The number of rotatable bonds is 2. The van der Waals surface area contributed by atoms with Crippen LogP contribution in [0.1, 0.15) is 50.7 Å². The molecule has 1 aromatic carbocycles. The minimum atomic E-state index is 0.291. The lowest BCUT2D eigenvalue weighted by Gasteiger charge is -2.12. The van der Waals surface area contributed by atoms with Gasteiger partial charge in [-0.25, -0.2) is 0 Å². The van der Waals surface area contributed by atoms with E-state index in [2.05, 4.69) is 39.8 Å². The third-order valence-corrected chi connectivity index (χ3v) is 2.26. The molecule has 0 heterocycles. The van der Waals surface area contributed by atoms with Crippen LogP contribution in [-0.2, 0) is 0 Å². The Morgan fingerprint density at radius 1 is 1.15 bits per heavy atom. The topological polar surface area (TPSA) is 20.2 Å². The standard InChI is InChI=1S/C12H17O/c1-8(2)10-5-6-12(13)11(7-10)9(3)4/h5,7-9,13H,1-4H3. The molecule has 0 saturated carbocycles. The van der Waals surface area contributed by atoms with Crippen LogP contribution in [0.3, 0.4) is 0 Å². The van der Waals surface area contributed by atoms with Gasteiger partial charge in [-0.2, -0.15) is 0 Å². The van der Waals surface area contributed by atoms with Crippen LogP contribution in [-0.4, -0.2) is 5.11 Å². The van der Waals surface area contributed by atoms with Crippen molar-refractivity contribution in [2.75, 3.05) is 0 Å². The molecule has 0 aromatic heterocycles. The van der Waals surface area contributed by atoms with Crippen LogP contribution in [0.4, 0.5) is 0 Å². The third-order valence-electron chi connectivity index (χ3n) is 2.26.